The molecule has 5 aromatic rings. The molecule has 0 amide bonds. The maximum atomic E-state index is 6.48. The van der Waals surface area contributed by atoms with Crippen LogP contribution in [0.25, 0.3) is 44.2 Å². The van der Waals surface area contributed by atoms with Gasteiger partial charge < -0.3 is 4.42 Å². The Balaban J connectivity index is 1.65. The van der Waals surface area contributed by atoms with Crippen LogP contribution in [0, 0.1) is 0 Å². The summed E-state index contributed by atoms with van der Waals surface area (Å²) in [5, 5.41) is 2.42. The van der Waals surface area contributed by atoms with Gasteiger partial charge in [-0.05, 0) is 51.4 Å². The molecule has 0 saturated carbocycles. The largest absolute Gasteiger partial charge is 0.455 e. The molecule has 1 aromatic heterocycles. The average molecular weight is 372 g/mol. The Kier molecular flexibility index (Phi) is 2.68. The van der Waals surface area contributed by atoms with Crippen molar-refractivity contribution in [2.24, 2.45) is 0 Å². The van der Waals surface area contributed by atoms with Gasteiger partial charge in [-0.1, -0.05) is 80.6 Å². The van der Waals surface area contributed by atoms with Crippen LogP contribution in [0.2, 0.25) is 0 Å². The van der Waals surface area contributed by atoms with Crippen LogP contribution in [0.5, 0.6) is 0 Å². The Morgan fingerprint density at radius 1 is 0.690 bits per heavy atom. The van der Waals surface area contributed by atoms with Gasteiger partial charge in [0.1, 0.15) is 11.2 Å². The zero-order valence-corrected chi connectivity index (χ0v) is 16.5. The third kappa shape index (κ3) is 1.77. The highest BCUT2D eigenvalue weighted by atomic mass is 16.3. The molecule has 1 nitrogen and oxygen atoms in total. The fraction of sp³-hybridized carbons (Fsp3) is 0.143. The van der Waals surface area contributed by atoms with Crippen LogP contribution >= 0.6 is 0 Å². The summed E-state index contributed by atoms with van der Waals surface area (Å²) in [4.78, 5) is 0. The Hall–Kier alpha value is -3.32. The molecule has 0 spiro atoms. The zero-order chi connectivity index (χ0) is 19.3. The van der Waals surface area contributed by atoms with Gasteiger partial charge in [0.25, 0.3) is 0 Å². The third-order valence-corrected chi connectivity index (χ3v) is 7.13. The fourth-order valence-corrected chi connectivity index (χ4v) is 5.72. The second-order valence-electron chi connectivity index (χ2n) is 8.94. The van der Waals surface area contributed by atoms with Gasteiger partial charge in [-0.15, -0.1) is 0 Å². The summed E-state index contributed by atoms with van der Waals surface area (Å²) in [5.41, 5.74) is 13.2. The molecule has 0 unspecified atom stereocenters. The second kappa shape index (κ2) is 4.99. The van der Waals surface area contributed by atoms with E-state index in [4.69, 9.17) is 4.42 Å². The van der Waals surface area contributed by atoms with E-state index >= 15 is 0 Å². The maximum absolute atomic E-state index is 6.48. The van der Waals surface area contributed by atoms with Gasteiger partial charge in [0.2, 0.25) is 0 Å². The van der Waals surface area contributed by atoms with Crippen LogP contribution in [0.4, 0.5) is 0 Å². The van der Waals surface area contributed by atoms with Crippen LogP contribution in [0.1, 0.15) is 36.1 Å². The number of hydrogen-bond donors (Lipinski definition) is 0. The first kappa shape index (κ1) is 15.6. The molecule has 0 atom stereocenters. The minimum atomic E-state index is -0.0262. The highest BCUT2D eigenvalue weighted by Crippen LogP contribution is 2.56. The maximum Gasteiger partial charge on any atom is 0.143 e. The molecule has 138 valence electrons. The lowest BCUT2D eigenvalue weighted by molar-refractivity contribution is 0.653. The summed E-state index contributed by atoms with van der Waals surface area (Å²) in [7, 11) is 0. The van der Waals surface area contributed by atoms with E-state index < -0.39 is 0 Å². The molecule has 0 radical (unpaired) electrons. The molecule has 7 rings (SSSR count). The summed E-state index contributed by atoms with van der Waals surface area (Å²) in [5.74, 6) is 0. The van der Waals surface area contributed by atoms with Gasteiger partial charge in [-0.2, -0.15) is 0 Å². The van der Waals surface area contributed by atoms with Crippen molar-refractivity contribution in [2.45, 2.75) is 25.7 Å². The fourth-order valence-electron chi connectivity index (χ4n) is 5.72. The first-order valence-corrected chi connectivity index (χ1v) is 10.3. The van der Waals surface area contributed by atoms with Gasteiger partial charge in [-0.25, -0.2) is 0 Å². The number of rotatable bonds is 0. The molecule has 0 bridgehead atoms. The van der Waals surface area contributed by atoms with Crippen LogP contribution in [-0.4, -0.2) is 0 Å². The number of hydrogen-bond acceptors (Lipinski definition) is 1. The van der Waals surface area contributed by atoms with Crippen molar-refractivity contribution in [3.8, 4) is 22.3 Å². The minimum Gasteiger partial charge on any atom is -0.455 e. The van der Waals surface area contributed by atoms with Crippen molar-refractivity contribution >= 4 is 21.9 Å². The topological polar surface area (TPSA) is 13.1 Å². The van der Waals surface area contributed by atoms with Gasteiger partial charge in [0.05, 0.1) is 0 Å². The van der Waals surface area contributed by atoms with Crippen molar-refractivity contribution in [1.29, 1.82) is 0 Å². The van der Waals surface area contributed by atoms with Crippen molar-refractivity contribution in [3.63, 3.8) is 0 Å². The number of fused-ring (bicyclic) bond motifs is 11. The van der Waals surface area contributed by atoms with Gasteiger partial charge >= 0.3 is 0 Å². The highest BCUT2D eigenvalue weighted by Gasteiger charge is 2.40. The van der Waals surface area contributed by atoms with E-state index in [2.05, 4.69) is 86.6 Å². The zero-order valence-electron chi connectivity index (χ0n) is 16.5. The van der Waals surface area contributed by atoms with E-state index in [1.54, 1.807) is 0 Å². The summed E-state index contributed by atoms with van der Waals surface area (Å²) >= 11 is 0. The lowest BCUT2D eigenvalue weighted by Crippen LogP contribution is -2.14. The minimum absolute atomic E-state index is 0.0262. The molecular weight excluding hydrogens is 352 g/mol. The predicted octanol–water partition coefficient (Wildman–Crippen LogP) is 7.46. The quantitative estimate of drug-likeness (QED) is 0.270. The van der Waals surface area contributed by atoms with Gasteiger partial charge in [0.15, 0.2) is 0 Å². The number of furan rings is 1. The predicted molar refractivity (Wildman–Crippen MR) is 120 cm³/mol. The number of benzene rings is 4. The van der Waals surface area contributed by atoms with Gasteiger partial charge in [-0.3, -0.25) is 0 Å². The smallest absolute Gasteiger partial charge is 0.143 e. The van der Waals surface area contributed by atoms with Crippen LogP contribution in [0.15, 0.2) is 77.2 Å². The monoisotopic (exact) mass is 372 g/mol. The summed E-state index contributed by atoms with van der Waals surface area (Å²) in [6.45, 7) is 4.70. The molecule has 0 fully saturated rings. The SMILES string of the molecule is CC1(C)c2ccc3c(c2-c2c1ccc1c2oc2ccccc21)Cc1ccccc1-3. The molecular formula is C28H20O. The van der Waals surface area contributed by atoms with Crippen molar-refractivity contribution in [3.05, 3.63) is 95.1 Å². The first-order chi connectivity index (χ1) is 14.1. The van der Waals surface area contributed by atoms with Crippen LogP contribution < -0.4 is 0 Å². The molecule has 0 saturated heterocycles. The third-order valence-electron chi connectivity index (χ3n) is 7.13. The Labute approximate surface area is 169 Å². The lowest BCUT2D eigenvalue weighted by atomic mass is 9.81. The molecule has 0 aliphatic heterocycles. The first-order valence-electron chi connectivity index (χ1n) is 10.3. The van der Waals surface area contributed by atoms with E-state index in [-0.39, 0.29) is 5.41 Å². The summed E-state index contributed by atoms with van der Waals surface area (Å²) in [6, 6.07) is 26.5. The second-order valence-corrected chi connectivity index (χ2v) is 8.94. The van der Waals surface area contributed by atoms with E-state index in [0.717, 1.165) is 17.6 Å². The normalized spacial score (nSPS) is 15.4. The molecule has 1 heteroatoms. The standard InChI is InChI=1S/C28H20O/c1-28(2)22-13-11-18-17-8-4-3-7-16(17)15-21(18)25(22)26-23(28)14-12-20-19-9-5-6-10-24(19)29-27(20)26/h3-14H,15H2,1-2H3. The average Bonchev–Trinajstić information content (AvgIpc) is 3.36. The molecule has 0 N–H and O–H groups in total. The Morgan fingerprint density at radius 3 is 2.38 bits per heavy atom. The van der Waals surface area contributed by atoms with Crippen LogP contribution in [-0.2, 0) is 11.8 Å². The van der Waals surface area contributed by atoms with Crippen LogP contribution in [0.3, 0.4) is 0 Å². The molecule has 4 aromatic carbocycles. The van der Waals surface area contributed by atoms with E-state index in [1.165, 1.54) is 55.3 Å². The van der Waals surface area contributed by atoms with Crippen molar-refractivity contribution in [1.82, 2.24) is 0 Å². The molecule has 2 aliphatic rings. The summed E-state index contributed by atoms with van der Waals surface area (Å²) in [6.07, 6.45) is 1.00. The Morgan fingerprint density at radius 2 is 1.45 bits per heavy atom. The number of para-hydroxylation sites is 1. The molecule has 2 aliphatic carbocycles. The van der Waals surface area contributed by atoms with Crippen molar-refractivity contribution < 1.29 is 4.42 Å². The molecule has 29 heavy (non-hydrogen) atoms. The molecule has 1 heterocycles. The van der Waals surface area contributed by atoms with Gasteiger partial charge in [0, 0.05) is 21.8 Å². The van der Waals surface area contributed by atoms with E-state index in [9.17, 15) is 0 Å². The Bertz CT molecular complexity index is 1500. The summed E-state index contributed by atoms with van der Waals surface area (Å²) < 4.78 is 6.48. The lowest BCUT2D eigenvalue weighted by Gasteiger charge is -2.21. The van der Waals surface area contributed by atoms with E-state index in [0.29, 0.717) is 0 Å². The van der Waals surface area contributed by atoms with E-state index in [1.807, 2.05) is 0 Å². The van der Waals surface area contributed by atoms with Crippen molar-refractivity contribution in [2.75, 3.05) is 0 Å². The highest BCUT2D eigenvalue weighted by molar-refractivity contribution is 6.12.